The van der Waals surface area contributed by atoms with Crippen LogP contribution in [-0.4, -0.2) is 25.7 Å². The first-order valence-corrected chi connectivity index (χ1v) is 4.09. The van der Waals surface area contributed by atoms with Crippen LogP contribution < -0.4 is 5.32 Å². The molecule has 0 aromatic rings. The van der Waals surface area contributed by atoms with Crippen molar-refractivity contribution < 1.29 is 9.53 Å². The van der Waals surface area contributed by atoms with E-state index >= 15 is 0 Å². The number of unbranched alkanes of at least 4 members (excludes halogenated alkanes) is 1. The van der Waals surface area contributed by atoms with E-state index in [4.69, 9.17) is 4.74 Å². The lowest BCUT2D eigenvalue weighted by atomic mass is 10.4. The highest BCUT2D eigenvalue weighted by Crippen LogP contribution is 1.86. The average Bonchev–Trinajstić information content (AvgIpc) is 1.96. The molecule has 0 saturated heterocycles. The van der Waals surface area contributed by atoms with E-state index < -0.39 is 0 Å². The molecule has 0 heterocycles. The van der Waals surface area contributed by atoms with Gasteiger partial charge in [0.15, 0.2) is 0 Å². The largest absolute Gasteiger partial charge is 0.380 e. The number of amides is 1. The maximum atomic E-state index is 10.4. The summed E-state index contributed by atoms with van der Waals surface area (Å²) in [7, 11) is 0. The van der Waals surface area contributed by atoms with Crippen LogP contribution in [0.3, 0.4) is 0 Å². The van der Waals surface area contributed by atoms with Gasteiger partial charge in [-0.05, 0) is 6.42 Å². The Morgan fingerprint density at radius 1 is 1.45 bits per heavy atom. The molecule has 1 amide bonds. The molecule has 0 unspecified atom stereocenters. The second kappa shape index (κ2) is 7.54. The van der Waals surface area contributed by atoms with Crippen LogP contribution in [0.25, 0.3) is 0 Å². The molecule has 0 spiro atoms. The van der Waals surface area contributed by atoms with Gasteiger partial charge < -0.3 is 10.1 Å². The molecule has 11 heavy (non-hydrogen) atoms. The van der Waals surface area contributed by atoms with Crippen LogP contribution in [-0.2, 0) is 9.53 Å². The first-order chi connectivity index (χ1) is 5.27. The van der Waals surface area contributed by atoms with Crippen molar-refractivity contribution in [1.29, 1.82) is 0 Å². The van der Waals surface area contributed by atoms with E-state index in [9.17, 15) is 4.79 Å². The lowest BCUT2D eigenvalue weighted by molar-refractivity contribution is -0.119. The third-order valence-electron chi connectivity index (χ3n) is 1.26. The highest BCUT2D eigenvalue weighted by Gasteiger charge is 1.89. The van der Waals surface area contributed by atoms with Crippen LogP contribution in [0.4, 0.5) is 0 Å². The maximum Gasteiger partial charge on any atom is 0.216 e. The molecule has 0 fully saturated rings. The summed E-state index contributed by atoms with van der Waals surface area (Å²) in [6.07, 6.45) is 2.25. The van der Waals surface area contributed by atoms with E-state index in [0.717, 1.165) is 19.4 Å². The Balaban J connectivity index is 2.85. The fraction of sp³-hybridized carbons (Fsp3) is 0.875. The van der Waals surface area contributed by atoms with Crippen LogP contribution in [0, 0.1) is 0 Å². The summed E-state index contributed by atoms with van der Waals surface area (Å²) in [4.78, 5) is 10.4. The van der Waals surface area contributed by atoms with Crippen LogP contribution in [0.1, 0.15) is 26.7 Å². The molecule has 66 valence electrons. The van der Waals surface area contributed by atoms with Gasteiger partial charge in [0.25, 0.3) is 0 Å². The number of rotatable bonds is 6. The van der Waals surface area contributed by atoms with Gasteiger partial charge in [-0.2, -0.15) is 0 Å². The third-order valence-corrected chi connectivity index (χ3v) is 1.26. The fourth-order valence-electron chi connectivity index (χ4n) is 0.648. The van der Waals surface area contributed by atoms with Crippen molar-refractivity contribution in [2.75, 3.05) is 19.8 Å². The number of nitrogens with one attached hydrogen (secondary N) is 1. The van der Waals surface area contributed by atoms with Crippen LogP contribution in [0.5, 0.6) is 0 Å². The SMILES string of the molecule is CCCCOCCNC(C)=O. The second-order valence-electron chi connectivity index (χ2n) is 2.45. The molecule has 0 aromatic carbocycles. The number of ether oxygens (including phenoxy) is 1. The molecule has 0 rings (SSSR count). The maximum absolute atomic E-state index is 10.4. The monoisotopic (exact) mass is 159 g/mol. The zero-order valence-electron chi connectivity index (χ0n) is 7.35. The molecule has 0 aliphatic rings. The fourth-order valence-corrected chi connectivity index (χ4v) is 0.648. The van der Waals surface area contributed by atoms with Crippen LogP contribution in [0.2, 0.25) is 0 Å². The van der Waals surface area contributed by atoms with Crippen molar-refractivity contribution in [1.82, 2.24) is 5.32 Å². The minimum absolute atomic E-state index is 0.00379. The van der Waals surface area contributed by atoms with Crippen molar-refractivity contribution in [3.63, 3.8) is 0 Å². The minimum atomic E-state index is 0.00379. The van der Waals surface area contributed by atoms with Gasteiger partial charge >= 0.3 is 0 Å². The Bertz CT molecular complexity index is 104. The average molecular weight is 159 g/mol. The smallest absolute Gasteiger partial charge is 0.216 e. The van der Waals surface area contributed by atoms with Gasteiger partial charge in [0.1, 0.15) is 0 Å². The lowest BCUT2D eigenvalue weighted by Gasteiger charge is -2.02. The Morgan fingerprint density at radius 3 is 2.73 bits per heavy atom. The van der Waals surface area contributed by atoms with E-state index in [1.807, 2.05) is 0 Å². The van der Waals surface area contributed by atoms with Gasteiger partial charge in [-0.1, -0.05) is 13.3 Å². The Kier molecular flexibility index (Phi) is 7.15. The van der Waals surface area contributed by atoms with Gasteiger partial charge in [-0.15, -0.1) is 0 Å². The molecular formula is C8H17NO2. The quantitative estimate of drug-likeness (QED) is 0.586. The van der Waals surface area contributed by atoms with Gasteiger partial charge in [-0.25, -0.2) is 0 Å². The number of hydrogen-bond acceptors (Lipinski definition) is 2. The van der Waals surface area contributed by atoms with Crippen LogP contribution in [0.15, 0.2) is 0 Å². The number of carbonyl (C=O) groups excluding carboxylic acids is 1. The number of hydrogen-bond donors (Lipinski definition) is 1. The van der Waals surface area contributed by atoms with E-state index in [-0.39, 0.29) is 5.91 Å². The second-order valence-corrected chi connectivity index (χ2v) is 2.45. The van der Waals surface area contributed by atoms with E-state index in [0.29, 0.717) is 13.2 Å². The van der Waals surface area contributed by atoms with Crippen molar-refractivity contribution in [2.45, 2.75) is 26.7 Å². The molecular weight excluding hydrogens is 142 g/mol. The molecule has 3 nitrogen and oxygen atoms in total. The molecule has 0 saturated carbocycles. The molecule has 3 heteroatoms. The Morgan fingerprint density at radius 2 is 2.18 bits per heavy atom. The summed E-state index contributed by atoms with van der Waals surface area (Å²) in [6, 6.07) is 0. The van der Waals surface area contributed by atoms with E-state index in [2.05, 4.69) is 12.2 Å². The molecule has 0 aliphatic heterocycles. The normalized spacial score (nSPS) is 9.64. The summed E-state index contributed by atoms with van der Waals surface area (Å²) in [6.45, 7) is 5.68. The van der Waals surface area contributed by atoms with Crippen molar-refractivity contribution in [3.05, 3.63) is 0 Å². The number of carbonyl (C=O) groups is 1. The Labute approximate surface area is 68.1 Å². The summed E-state index contributed by atoms with van der Waals surface area (Å²) >= 11 is 0. The zero-order valence-corrected chi connectivity index (χ0v) is 7.35. The molecule has 0 bridgehead atoms. The summed E-state index contributed by atoms with van der Waals surface area (Å²) in [5, 5.41) is 2.66. The predicted octanol–water partition coefficient (Wildman–Crippen LogP) is 0.939. The topological polar surface area (TPSA) is 38.3 Å². The molecule has 0 radical (unpaired) electrons. The van der Waals surface area contributed by atoms with Crippen molar-refractivity contribution in [2.24, 2.45) is 0 Å². The third kappa shape index (κ3) is 9.43. The summed E-state index contributed by atoms with van der Waals surface area (Å²) in [5.74, 6) is 0.00379. The van der Waals surface area contributed by atoms with E-state index in [1.54, 1.807) is 0 Å². The first-order valence-electron chi connectivity index (χ1n) is 4.09. The lowest BCUT2D eigenvalue weighted by Crippen LogP contribution is -2.24. The van der Waals surface area contributed by atoms with Gasteiger partial charge in [0.2, 0.25) is 5.91 Å². The minimum Gasteiger partial charge on any atom is -0.380 e. The molecule has 1 N–H and O–H groups in total. The van der Waals surface area contributed by atoms with Crippen molar-refractivity contribution >= 4 is 5.91 Å². The molecule has 0 aromatic heterocycles. The standard InChI is InChI=1S/C8H17NO2/c1-3-4-6-11-7-5-9-8(2)10/h3-7H2,1-2H3,(H,9,10). The zero-order chi connectivity index (χ0) is 8.53. The highest BCUT2D eigenvalue weighted by atomic mass is 16.5. The molecule has 0 aliphatic carbocycles. The van der Waals surface area contributed by atoms with Gasteiger partial charge in [0, 0.05) is 20.1 Å². The van der Waals surface area contributed by atoms with Gasteiger partial charge in [-0.3, -0.25) is 4.79 Å². The predicted molar refractivity (Wildman–Crippen MR) is 44.4 cm³/mol. The highest BCUT2D eigenvalue weighted by molar-refractivity contribution is 5.72. The first kappa shape index (κ1) is 10.4. The van der Waals surface area contributed by atoms with Crippen LogP contribution >= 0.6 is 0 Å². The molecule has 0 atom stereocenters. The summed E-state index contributed by atoms with van der Waals surface area (Å²) < 4.78 is 5.21. The van der Waals surface area contributed by atoms with Crippen molar-refractivity contribution in [3.8, 4) is 0 Å². The summed E-state index contributed by atoms with van der Waals surface area (Å²) in [5.41, 5.74) is 0. The Hall–Kier alpha value is -0.570. The van der Waals surface area contributed by atoms with Gasteiger partial charge in [0.05, 0.1) is 6.61 Å². The van der Waals surface area contributed by atoms with E-state index in [1.165, 1.54) is 6.92 Å².